The van der Waals surface area contributed by atoms with E-state index < -0.39 is 0 Å². The fourth-order valence-corrected chi connectivity index (χ4v) is 2.54. The maximum atomic E-state index is 11.3. The van der Waals surface area contributed by atoms with Crippen molar-refractivity contribution < 1.29 is 4.79 Å². The number of pyridine rings is 1. The zero-order valence-corrected chi connectivity index (χ0v) is 11.2. The van der Waals surface area contributed by atoms with Gasteiger partial charge in [-0.15, -0.1) is 23.5 Å². The van der Waals surface area contributed by atoms with Crippen LogP contribution < -0.4 is 5.32 Å². The standard InChI is InChI=1S/C10H13BN2OS2/c1-6-4-7(15-2)9(10(12-6)16-3)13-8(14)5-11/h4H,5H2,1-3H3,(H,13,14). The van der Waals surface area contributed by atoms with Gasteiger partial charge in [0.2, 0.25) is 5.91 Å². The summed E-state index contributed by atoms with van der Waals surface area (Å²) in [5, 5.41) is 3.61. The molecule has 1 aromatic heterocycles. The van der Waals surface area contributed by atoms with E-state index in [2.05, 4.69) is 10.3 Å². The van der Waals surface area contributed by atoms with Crippen LogP contribution >= 0.6 is 23.5 Å². The van der Waals surface area contributed by atoms with Crippen LogP contribution in [-0.2, 0) is 4.79 Å². The van der Waals surface area contributed by atoms with Crippen LogP contribution in [0, 0.1) is 6.92 Å². The molecule has 3 nitrogen and oxygen atoms in total. The van der Waals surface area contributed by atoms with E-state index in [1.165, 1.54) is 11.8 Å². The third-order valence-electron chi connectivity index (χ3n) is 1.94. The molecule has 0 fully saturated rings. The number of hydrogen-bond acceptors (Lipinski definition) is 4. The maximum Gasteiger partial charge on any atom is 0.215 e. The molecule has 0 saturated carbocycles. The second kappa shape index (κ2) is 6.20. The lowest BCUT2D eigenvalue weighted by atomic mass is 10.1. The molecule has 6 heteroatoms. The van der Waals surface area contributed by atoms with Gasteiger partial charge in [-0.3, -0.25) is 4.79 Å². The van der Waals surface area contributed by atoms with Crippen molar-refractivity contribution in [3.05, 3.63) is 11.8 Å². The van der Waals surface area contributed by atoms with Crippen molar-refractivity contribution in [3.8, 4) is 0 Å². The van der Waals surface area contributed by atoms with Gasteiger partial charge in [-0.05, 0) is 31.8 Å². The van der Waals surface area contributed by atoms with Gasteiger partial charge in [-0.2, -0.15) is 0 Å². The summed E-state index contributed by atoms with van der Waals surface area (Å²) in [6, 6.07) is 1.95. The zero-order chi connectivity index (χ0) is 12.1. The van der Waals surface area contributed by atoms with E-state index in [9.17, 15) is 4.79 Å². The third kappa shape index (κ3) is 3.19. The van der Waals surface area contributed by atoms with Gasteiger partial charge < -0.3 is 5.32 Å². The van der Waals surface area contributed by atoms with Crippen LogP contribution in [0.15, 0.2) is 16.0 Å². The predicted octanol–water partition coefficient (Wildman–Crippen LogP) is 2.36. The number of nitrogens with one attached hydrogen (secondary N) is 1. The maximum absolute atomic E-state index is 11.3. The number of amides is 1. The molecule has 0 aromatic carbocycles. The Kier molecular flexibility index (Phi) is 5.21. The van der Waals surface area contributed by atoms with Crippen LogP contribution in [0.5, 0.6) is 0 Å². The quantitative estimate of drug-likeness (QED) is 0.659. The van der Waals surface area contributed by atoms with Gasteiger partial charge in [0.1, 0.15) is 5.03 Å². The largest absolute Gasteiger partial charge is 0.324 e. The van der Waals surface area contributed by atoms with Crippen molar-refractivity contribution in [2.75, 3.05) is 17.8 Å². The molecule has 0 spiro atoms. The molecule has 0 atom stereocenters. The highest BCUT2D eigenvalue weighted by atomic mass is 32.2. The van der Waals surface area contributed by atoms with Gasteiger partial charge >= 0.3 is 0 Å². The average molecular weight is 252 g/mol. The number of carbonyl (C=O) groups is 1. The Morgan fingerprint density at radius 1 is 1.50 bits per heavy atom. The fourth-order valence-electron chi connectivity index (χ4n) is 1.23. The number of rotatable bonds is 4. The molecule has 1 rings (SSSR count). The summed E-state index contributed by atoms with van der Waals surface area (Å²) in [5.41, 5.74) is 1.71. The molecule has 0 saturated heterocycles. The Balaban J connectivity index is 3.16. The summed E-state index contributed by atoms with van der Waals surface area (Å²) in [5.74, 6) is -0.198. The lowest BCUT2D eigenvalue weighted by Crippen LogP contribution is -2.12. The van der Waals surface area contributed by atoms with Gasteiger partial charge in [-0.25, -0.2) is 4.98 Å². The summed E-state index contributed by atoms with van der Waals surface area (Å²) in [7, 11) is 5.29. The van der Waals surface area contributed by atoms with E-state index >= 15 is 0 Å². The topological polar surface area (TPSA) is 42.0 Å². The minimum absolute atomic E-state index is 0.0183. The Morgan fingerprint density at radius 2 is 2.19 bits per heavy atom. The smallest absolute Gasteiger partial charge is 0.215 e. The lowest BCUT2D eigenvalue weighted by molar-refractivity contribution is -0.114. The first-order valence-electron chi connectivity index (χ1n) is 4.72. The number of carbonyl (C=O) groups excluding carboxylic acids is 1. The number of hydrogen-bond donors (Lipinski definition) is 1. The molecule has 16 heavy (non-hydrogen) atoms. The molecule has 0 aliphatic rings. The minimum Gasteiger partial charge on any atom is -0.324 e. The van der Waals surface area contributed by atoms with Crippen LogP contribution in [0.25, 0.3) is 0 Å². The van der Waals surface area contributed by atoms with Gasteiger partial charge in [-0.1, -0.05) is 0 Å². The molecule has 1 aromatic rings. The molecule has 0 bridgehead atoms. The van der Waals surface area contributed by atoms with E-state index in [4.69, 9.17) is 7.85 Å². The molecule has 2 radical (unpaired) electrons. The Hall–Kier alpha value is -0.615. The van der Waals surface area contributed by atoms with Crippen molar-refractivity contribution in [1.82, 2.24) is 4.98 Å². The van der Waals surface area contributed by atoms with Crippen LogP contribution in [0.1, 0.15) is 5.69 Å². The van der Waals surface area contributed by atoms with Crippen molar-refractivity contribution in [1.29, 1.82) is 0 Å². The average Bonchev–Trinajstić information content (AvgIpc) is 2.30. The third-order valence-corrected chi connectivity index (χ3v) is 3.39. The number of thioether (sulfide) groups is 2. The second-order valence-electron chi connectivity index (χ2n) is 3.10. The van der Waals surface area contributed by atoms with Crippen LogP contribution in [0.3, 0.4) is 0 Å². The monoisotopic (exact) mass is 252 g/mol. The van der Waals surface area contributed by atoms with E-state index in [-0.39, 0.29) is 12.2 Å². The molecule has 0 aliphatic heterocycles. The van der Waals surface area contributed by atoms with Crippen molar-refractivity contribution in [2.24, 2.45) is 0 Å². The molecule has 84 valence electrons. The first-order chi connectivity index (χ1) is 7.62. The first kappa shape index (κ1) is 13.4. The number of aryl methyl sites for hydroxylation is 1. The number of nitrogens with zero attached hydrogens (tertiary/aromatic N) is 1. The fraction of sp³-hybridized carbons (Fsp3) is 0.400. The second-order valence-corrected chi connectivity index (χ2v) is 4.75. The predicted molar refractivity (Wildman–Crippen MR) is 71.7 cm³/mol. The first-order valence-corrected chi connectivity index (χ1v) is 7.16. The SMILES string of the molecule is [B]CC(=O)Nc1c(SC)cc(C)nc1SC. The van der Waals surface area contributed by atoms with Crippen LogP contribution in [0.4, 0.5) is 5.69 Å². The Labute approximate surface area is 106 Å². The van der Waals surface area contributed by atoms with Crippen molar-refractivity contribution >= 4 is 43.0 Å². The zero-order valence-electron chi connectivity index (χ0n) is 9.53. The van der Waals surface area contributed by atoms with Crippen LogP contribution in [0.2, 0.25) is 6.32 Å². The summed E-state index contributed by atoms with van der Waals surface area (Å²) < 4.78 is 0. The molecule has 1 N–H and O–H groups in total. The Morgan fingerprint density at radius 3 is 2.69 bits per heavy atom. The molecule has 1 heterocycles. The summed E-state index contributed by atoms with van der Waals surface area (Å²) >= 11 is 3.09. The van der Waals surface area contributed by atoms with E-state index in [0.717, 1.165) is 21.3 Å². The van der Waals surface area contributed by atoms with E-state index in [1.807, 2.05) is 25.5 Å². The number of anilines is 1. The van der Waals surface area contributed by atoms with E-state index in [0.29, 0.717) is 0 Å². The molecular formula is C10H13BN2OS2. The van der Waals surface area contributed by atoms with E-state index in [1.54, 1.807) is 11.8 Å². The van der Waals surface area contributed by atoms with Gasteiger partial charge in [0.15, 0.2) is 0 Å². The summed E-state index contributed by atoms with van der Waals surface area (Å²) in [6.07, 6.45) is 3.89. The normalized spacial score (nSPS) is 10.2. The summed E-state index contributed by atoms with van der Waals surface area (Å²) in [4.78, 5) is 16.7. The molecule has 1 amide bonds. The highest BCUT2D eigenvalue weighted by Gasteiger charge is 2.12. The van der Waals surface area contributed by atoms with Crippen molar-refractivity contribution in [3.63, 3.8) is 0 Å². The van der Waals surface area contributed by atoms with Gasteiger partial charge in [0.25, 0.3) is 0 Å². The highest BCUT2D eigenvalue weighted by Crippen LogP contribution is 2.33. The van der Waals surface area contributed by atoms with Gasteiger partial charge in [0.05, 0.1) is 13.5 Å². The minimum atomic E-state index is -0.198. The molecule has 0 unspecified atom stereocenters. The summed E-state index contributed by atoms with van der Waals surface area (Å²) in [6.45, 7) is 1.94. The van der Waals surface area contributed by atoms with Crippen LogP contribution in [-0.4, -0.2) is 31.2 Å². The lowest BCUT2D eigenvalue weighted by Gasteiger charge is -2.13. The highest BCUT2D eigenvalue weighted by molar-refractivity contribution is 7.99. The van der Waals surface area contributed by atoms with Crippen molar-refractivity contribution in [2.45, 2.75) is 23.2 Å². The molecular weight excluding hydrogens is 239 g/mol. The Bertz CT molecular complexity index is 373. The van der Waals surface area contributed by atoms with Gasteiger partial charge in [0, 0.05) is 10.6 Å². The molecule has 0 aliphatic carbocycles. The number of aromatic nitrogens is 1.